The number of thioether (sulfide) groups is 1. The van der Waals surface area contributed by atoms with E-state index in [0.29, 0.717) is 6.42 Å². The van der Waals surface area contributed by atoms with Crippen LogP contribution >= 0.6 is 11.8 Å². The number of rotatable bonds is 2. The lowest BCUT2D eigenvalue weighted by Gasteiger charge is -2.19. The molecule has 1 aliphatic heterocycles. The Balaban J connectivity index is 2.31. The zero-order valence-electron chi connectivity index (χ0n) is 9.07. The Kier molecular flexibility index (Phi) is 3.51. The molecular formula is C11H11F4NS. The molecule has 1 aromatic rings. The highest BCUT2D eigenvalue weighted by molar-refractivity contribution is 8.00. The van der Waals surface area contributed by atoms with Crippen molar-refractivity contribution in [1.82, 2.24) is 0 Å². The van der Waals surface area contributed by atoms with Crippen LogP contribution in [0.1, 0.15) is 13.3 Å². The van der Waals surface area contributed by atoms with Crippen LogP contribution in [0.2, 0.25) is 0 Å². The molecule has 0 aliphatic carbocycles. The van der Waals surface area contributed by atoms with E-state index in [1.54, 1.807) is 11.8 Å². The second kappa shape index (κ2) is 4.76. The van der Waals surface area contributed by atoms with Crippen molar-refractivity contribution in [1.29, 1.82) is 0 Å². The van der Waals surface area contributed by atoms with Gasteiger partial charge in [-0.2, -0.15) is 11.8 Å². The molecule has 1 aliphatic rings. The average Bonchev–Trinajstić information content (AvgIpc) is 2.68. The Labute approximate surface area is 101 Å². The number of hydrogen-bond donors (Lipinski definition) is 1. The summed E-state index contributed by atoms with van der Waals surface area (Å²) in [5, 5.41) is 2.71. The standard InChI is InChI=1S/C11H11F4NS/c1-5-8(2-3-17-5)16-11-9(14)6(12)4-7(13)10(11)15/h4-5,8,16H,2-3H2,1H3. The normalized spacial score (nSPS) is 24.1. The van der Waals surface area contributed by atoms with Crippen LogP contribution in [-0.4, -0.2) is 17.0 Å². The van der Waals surface area contributed by atoms with Gasteiger partial charge in [0.1, 0.15) is 5.69 Å². The monoisotopic (exact) mass is 265 g/mol. The van der Waals surface area contributed by atoms with Gasteiger partial charge in [-0.1, -0.05) is 6.92 Å². The largest absolute Gasteiger partial charge is 0.376 e. The SMILES string of the molecule is CC1SCCC1Nc1c(F)c(F)cc(F)c1F. The molecule has 6 heteroatoms. The van der Waals surface area contributed by atoms with Crippen molar-refractivity contribution in [3.8, 4) is 0 Å². The van der Waals surface area contributed by atoms with Gasteiger partial charge in [-0.15, -0.1) is 0 Å². The Morgan fingerprint density at radius 1 is 1.18 bits per heavy atom. The van der Waals surface area contributed by atoms with Gasteiger partial charge in [0.2, 0.25) is 0 Å². The van der Waals surface area contributed by atoms with E-state index in [2.05, 4.69) is 5.32 Å². The van der Waals surface area contributed by atoms with Crippen LogP contribution in [0.25, 0.3) is 0 Å². The van der Waals surface area contributed by atoms with Gasteiger partial charge in [-0.3, -0.25) is 0 Å². The first-order valence-electron chi connectivity index (χ1n) is 5.22. The topological polar surface area (TPSA) is 12.0 Å². The number of anilines is 1. The van der Waals surface area contributed by atoms with Crippen molar-refractivity contribution in [3.63, 3.8) is 0 Å². The number of benzene rings is 1. The summed E-state index contributed by atoms with van der Waals surface area (Å²) < 4.78 is 52.7. The number of nitrogens with one attached hydrogen (secondary N) is 1. The Bertz CT molecular complexity index is 412. The minimum absolute atomic E-state index is 0.153. The van der Waals surface area contributed by atoms with E-state index >= 15 is 0 Å². The Hall–Kier alpha value is -0.910. The third-order valence-electron chi connectivity index (χ3n) is 2.82. The summed E-state index contributed by atoms with van der Waals surface area (Å²) in [6.45, 7) is 1.90. The van der Waals surface area contributed by atoms with Crippen LogP contribution in [0.15, 0.2) is 6.07 Å². The lowest BCUT2D eigenvalue weighted by Crippen LogP contribution is -2.26. The zero-order valence-corrected chi connectivity index (χ0v) is 9.88. The Morgan fingerprint density at radius 3 is 2.24 bits per heavy atom. The first-order chi connectivity index (χ1) is 8.00. The summed E-state index contributed by atoms with van der Waals surface area (Å²) in [4.78, 5) is 0. The van der Waals surface area contributed by atoms with Crippen LogP contribution in [0.5, 0.6) is 0 Å². The van der Waals surface area contributed by atoms with Crippen LogP contribution in [0.3, 0.4) is 0 Å². The molecule has 0 bridgehead atoms. The molecule has 1 N–H and O–H groups in total. The molecule has 2 atom stereocenters. The quantitative estimate of drug-likeness (QED) is 0.648. The van der Waals surface area contributed by atoms with Crippen LogP contribution in [-0.2, 0) is 0 Å². The highest BCUT2D eigenvalue weighted by Crippen LogP contribution is 2.31. The molecule has 0 aromatic heterocycles. The number of halogens is 4. The van der Waals surface area contributed by atoms with Crippen molar-refractivity contribution in [2.24, 2.45) is 0 Å². The molecule has 0 saturated carbocycles. The minimum atomic E-state index is -1.38. The average molecular weight is 265 g/mol. The summed E-state index contributed by atoms with van der Waals surface area (Å²) in [5.41, 5.74) is -0.707. The van der Waals surface area contributed by atoms with Crippen molar-refractivity contribution < 1.29 is 17.6 Å². The number of hydrogen-bond acceptors (Lipinski definition) is 2. The van der Waals surface area contributed by atoms with Crippen molar-refractivity contribution >= 4 is 17.4 Å². The molecule has 1 nitrogen and oxygen atoms in total. The van der Waals surface area contributed by atoms with E-state index in [9.17, 15) is 17.6 Å². The third kappa shape index (κ3) is 2.36. The molecular weight excluding hydrogens is 254 g/mol. The molecule has 1 fully saturated rings. The third-order valence-corrected chi connectivity index (χ3v) is 4.14. The predicted molar refractivity (Wildman–Crippen MR) is 60.2 cm³/mol. The lowest BCUT2D eigenvalue weighted by atomic mass is 10.1. The van der Waals surface area contributed by atoms with E-state index in [0.717, 1.165) is 5.75 Å². The summed E-state index contributed by atoms with van der Waals surface area (Å²) in [5.74, 6) is -4.64. The molecule has 1 heterocycles. The van der Waals surface area contributed by atoms with E-state index in [1.807, 2.05) is 6.92 Å². The van der Waals surface area contributed by atoms with Gasteiger partial charge in [0.15, 0.2) is 23.3 Å². The van der Waals surface area contributed by atoms with Crippen LogP contribution in [0, 0.1) is 23.3 Å². The highest BCUT2D eigenvalue weighted by atomic mass is 32.2. The first kappa shape index (κ1) is 12.5. The molecule has 1 aromatic carbocycles. The molecule has 0 amide bonds. The van der Waals surface area contributed by atoms with Gasteiger partial charge in [0.05, 0.1) is 0 Å². The fraction of sp³-hybridized carbons (Fsp3) is 0.455. The molecule has 2 rings (SSSR count). The molecule has 2 unspecified atom stereocenters. The minimum Gasteiger partial charge on any atom is -0.376 e. The second-order valence-electron chi connectivity index (χ2n) is 3.96. The lowest BCUT2D eigenvalue weighted by molar-refractivity contribution is 0.456. The van der Waals surface area contributed by atoms with Gasteiger partial charge >= 0.3 is 0 Å². The maximum atomic E-state index is 13.4. The van der Waals surface area contributed by atoms with Gasteiger partial charge < -0.3 is 5.32 Å². The molecule has 17 heavy (non-hydrogen) atoms. The molecule has 94 valence electrons. The molecule has 0 radical (unpaired) electrons. The van der Waals surface area contributed by atoms with Gasteiger partial charge in [0, 0.05) is 17.4 Å². The maximum absolute atomic E-state index is 13.4. The summed E-state index contributed by atoms with van der Waals surface area (Å²) in [6, 6.07) is 0.0352. The van der Waals surface area contributed by atoms with Crippen molar-refractivity contribution in [2.75, 3.05) is 11.1 Å². The summed E-state index contributed by atoms with van der Waals surface area (Å²) in [6.07, 6.45) is 0.711. The summed E-state index contributed by atoms with van der Waals surface area (Å²) in [7, 11) is 0. The zero-order chi connectivity index (χ0) is 12.6. The maximum Gasteiger partial charge on any atom is 0.185 e. The van der Waals surface area contributed by atoms with Crippen molar-refractivity contribution in [3.05, 3.63) is 29.3 Å². The Morgan fingerprint density at radius 2 is 1.76 bits per heavy atom. The highest BCUT2D eigenvalue weighted by Gasteiger charge is 2.27. The fourth-order valence-corrected chi connectivity index (χ4v) is 3.00. The van der Waals surface area contributed by atoms with Crippen LogP contribution < -0.4 is 5.32 Å². The van der Waals surface area contributed by atoms with Gasteiger partial charge in [-0.05, 0) is 12.2 Å². The second-order valence-corrected chi connectivity index (χ2v) is 5.44. The molecule has 0 spiro atoms. The van der Waals surface area contributed by atoms with E-state index in [4.69, 9.17) is 0 Å². The van der Waals surface area contributed by atoms with Gasteiger partial charge in [0.25, 0.3) is 0 Å². The summed E-state index contributed by atoms with van der Waals surface area (Å²) >= 11 is 1.65. The van der Waals surface area contributed by atoms with E-state index in [1.165, 1.54) is 0 Å². The van der Waals surface area contributed by atoms with E-state index in [-0.39, 0.29) is 17.4 Å². The van der Waals surface area contributed by atoms with E-state index < -0.39 is 29.0 Å². The van der Waals surface area contributed by atoms with Gasteiger partial charge in [-0.25, -0.2) is 17.6 Å². The van der Waals surface area contributed by atoms with Crippen molar-refractivity contribution in [2.45, 2.75) is 24.6 Å². The molecule has 1 saturated heterocycles. The smallest absolute Gasteiger partial charge is 0.185 e. The fourth-order valence-electron chi connectivity index (χ4n) is 1.81. The van der Waals surface area contributed by atoms with Crippen LogP contribution in [0.4, 0.5) is 23.2 Å². The predicted octanol–water partition coefficient (Wildman–Crippen LogP) is 3.55. The first-order valence-corrected chi connectivity index (χ1v) is 6.26.